The first-order valence-corrected chi connectivity index (χ1v) is 21.2. The number of hydrogen-bond acceptors (Lipinski definition) is 4. The number of pyridine rings is 2. The second kappa shape index (κ2) is 13.6. The number of aryl methyl sites for hydroxylation is 1. The predicted molar refractivity (Wildman–Crippen MR) is 218 cm³/mol. The Morgan fingerprint density at radius 3 is 2.46 bits per heavy atom. The van der Waals surface area contributed by atoms with E-state index in [0.29, 0.717) is 16.8 Å². The van der Waals surface area contributed by atoms with Gasteiger partial charge in [0.2, 0.25) is 0 Å². The number of aromatic nitrogens is 2. The van der Waals surface area contributed by atoms with Crippen molar-refractivity contribution in [1.29, 1.82) is 0 Å². The molecule has 0 N–H and O–H groups in total. The molecule has 0 saturated heterocycles. The Kier molecular flexibility index (Phi) is 7.91. The first-order valence-electron chi connectivity index (χ1n) is 19.4. The van der Waals surface area contributed by atoms with E-state index in [4.69, 9.17) is 11.3 Å². The van der Waals surface area contributed by atoms with Gasteiger partial charge in [-0.15, -0.1) is 35.7 Å². The zero-order valence-electron chi connectivity index (χ0n) is 34.7. The molecule has 4 heterocycles. The molecular weight excluding hydrogens is 856 g/mol. The maximum Gasteiger partial charge on any atom is 0.121 e. The summed E-state index contributed by atoms with van der Waals surface area (Å²) < 4.78 is 63.4. The second-order valence-electron chi connectivity index (χ2n) is 15.0. The zero-order chi connectivity index (χ0) is 39.9. The van der Waals surface area contributed by atoms with Crippen molar-refractivity contribution in [3.05, 3.63) is 126 Å². The van der Waals surface area contributed by atoms with Crippen LogP contribution in [0.15, 0.2) is 102 Å². The van der Waals surface area contributed by atoms with Crippen molar-refractivity contribution in [2.45, 2.75) is 53.6 Å². The molecule has 1 radical (unpaired) electrons. The van der Waals surface area contributed by atoms with E-state index in [1.807, 2.05) is 24.4 Å². The van der Waals surface area contributed by atoms with E-state index in [0.717, 1.165) is 58.2 Å². The van der Waals surface area contributed by atoms with Crippen molar-refractivity contribution in [3.63, 3.8) is 0 Å². The number of halogens is 1. The maximum absolute atomic E-state index is 13.2. The van der Waals surface area contributed by atoms with Gasteiger partial charge in [0.15, 0.2) is 0 Å². The summed E-state index contributed by atoms with van der Waals surface area (Å²) in [5.41, 5.74) is 2.41. The van der Waals surface area contributed by atoms with Crippen LogP contribution < -0.4 is 5.19 Å². The average Bonchev–Trinajstić information content (AvgIpc) is 3.69. The number of thiophene rings is 1. The van der Waals surface area contributed by atoms with Crippen molar-refractivity contribution in [2.75, 3.05) is 0 Å². The number of rotatable bonds is 3. The van der Waals surface area contributed by atoms with Gasteiger partial charge in [0, 0.05) is 60.8 Å². The molecule has 0 aliphatic carbocycles. The largest absolute Gasteiger partial charge is 0.501 e. The molecule has 9 aromatic rings. The first-order chi connectivity index (χ1) is 26.3. The Morgan fingerprint density at radius 1 is 0.865 bits per heavy atom. The summed E-state index contributed by atoms with van der Waals surface area (Å²) in [6.45, 7) is 9.68. The molecule has 7 heteroatoms. The van der Waals surface area contributed by atoms with Crippen LogP contribution in [-0.2, 0) is 26.5 Å². The van der Waals surface area contributed by atoms with Crippen LogP contribution >= 0.6 is 11.3 Å². The van der Waals surface area contributed by atoms with Crippen molar-refractivity contribution in [2.24, 2.45) is 5.41 Å². The van der Waals surface area contributed by atoms with Crippen molar-refractivity contribution in [1.82, 2.24) is 9.97 Å². The number of hydrogen-bond donors (Lipinski definition) is 0. The molecule has 0 spiro atoms. The molecule has 0 saturated carbocycles. The first kappa shape index (κ1) is 30.2. The van der Waals surface area contributed by atoms with E-state index in [-0.39, 0.29) is 37.0 Å². The summed E-state index contributed by atoms with van der Waals surface area (Å²) in [6, 6.07) is 33.3. The SMILES string of the molecule is C[Si](C)(C)c1cnc2c(c1)sc1cc(F)c[c-]c12.[2H]C([2H])([2H])c1cnc(-c2[c-]ccc3c2oc2cc4c(ccc5ccccc54)cc23)cc1C([2H])([2H])C(C)(C)C.[Ir]. The third kappa shape index (κ3) is 6.83. The normalized spacial score (nSPS) is 14.1. The fraction of sp³-hybridized carbons (Fsp3) is 0.200. The molecule has 0 atom stereocenters. The minimum Gasteiger partial charge on any atom is -0.501 e. The van der Waals surface area contributed by atoms with Crippen LogP contribution in [0, 0.1) is 30.2 Å². The minimum atomic E-state index is -2.50. The smallest absolute Gasteiger partial charge is 0.121 e. The Balaban J connectivity index is 0.000000219. The molecule has 4 aromatic heterocycles. The van der Waals surface area contributed by atoms with Gasteiger partial charge in [-0.3, -0.25) is 4.39 Å². The summed E-state index contributed by atoms with van der Waals surface area (Å²) in [7, 11) is -1.35. The third-order valence-corrected chi connectivity index (χ3v) is 12.1. The third-order valence-electron chi connectivity index (χ3n) is 9.01. The molecule has 0 amide bonds. The van der Waals surface area contributed by atoms with Gasteiger partial charge >= 0.3 is 0 Å². The monoisotopic (exact) mass is 900 g/mol. The van der Waals surface area contributed by atoms with Crippen LogP contribution in [0.4, 0.5) is 4.39 Å². The van der Waals surface area contributed by atoms with E-state index >= 15 is 0 Å². The van der Waals surface area contributed by atoms with Gasteiger partial charge < -0.3 is 14.4 Å². The van der Waals surface area contributed by atoms with Gasteiger partial charge in [0.25, 0.3) is 0 Å². The quantitative estimate of drug-likeness (QED) is 0.101. The van der Waals surface area contributed by atoms with Crippen LogP contribution in [0.2, 0.25) is 19.6 Å². The van der Waals surface area contributed by atoms with Crippen molar-refractivity contribution in [3.8, 4) is 11.3 Å². The second-order valence-corrected chi connectivity index (χ2v) is 21.2. The van der Waals surface area contributed by atoms with Gasteiger partial charge in [0.05, 0.1) is 13.7 Å². The van der Waals surface area contributed by atoms with Crippen molar-refractivity contribution >= 4 is 88.4 Å². The standard InChI is InChI=1S/C31H26NO.C14H13FNSSi.Ir/c1-19-18-32-28(15-22(19)17-31(2,3)4)25-11-7-10-24-27-14-21-13-12-20-8-5-6-9-23(20)26(21)16-29(27)33-30(24)25;1-18(2,3)10-7-13-14(16-8-10)11-5-4-9(15)6-12(11)17-13;/h5-10,12-16,18H,17H2,1-4H3;4,6-8H,1-3H3;/q2*-1;/i1D3,17D2;;. The van der Waals surface area contributed by atoms with E-state index in [2.05, 4.69) is 84.2 Å². The molecule has 52 heavy (non-hydrogen) atoms. The van der Waals surface area contributed by atoms with Crippen LogP contribution in [-0.4, -0.2) is 18.0 Å². The number of nitrogens with zero attached hydrogens (tertiary/aromatic N) is 2. The van der Waals surface area contributed by atoms with E-state index < -0.39 is 26.7 Å². The van der Waals surface area contributed by atoms with E-state index in [1.54, 1.807) is 50.3 Å². The van der Waals surface area contributed by atoms with Crippen molar-refractivity contribution < 1.29 is 35.8 Å². The Morgan fingerprint density at radius 2 is 1.67 bits per heavy atom. The number of fused-ring (bicyclic) bond motifs is 9. The maximum atomic E-state index is 13.2. The minimum absolute atomic E-state index is 0. The van der Waals surface area contributed by atoms with E-state index in [1.165, 1.54) is 17.4 Å². The summed E-state index contributed by atoms with van der Waals surface area (Å²) >= 11 is 1.59. The van der Waals surface area contributed by atoms with Crippen LogP contribution in [0.1, 0.15) is 38.8 Å². The van der Waals surface area contributed by atoms with Gasteiger partial charge in [-0.1, -0.05) is 116 Å². The predicted octanol–water partition coefficient (Wildman–Crippen LogP) is 12.6. The summed E-state index contributed by atoms with van der Waals surface area (Å²) in [5, 5.41) is 8.63. The molecule has 0 aliphatic heterocycles. The molecule has 3 nitrogen and oxygen atoms in total. The van der Waals surface area contributed by atoms with Gasteiger partial charge in [-0.2, -0.15) is 11.3 Å². The number of benzene rings is 5. The molecular formula is C45H39FIrN2OSSi-2. The molecule has 5 aromatic carbocycles. The van der Waals surface area contributed by atoms with Crippen LogP contribution in [0.3, 0.4) is 0 Å². The Labute approximate surface area is 329 Å². The number of furan rings is 1. The average molecular weight is 900 g/mol. The van der Waals surface area contributed by atoms with Gasteiger partial charge in [0.1, 0.15) is 5.58 Å². The van der Waals surface area contributed by atoms with E-state index in [9.17, 15) is 4.39 Å². The zero-order valence-corrected chi connectivity index (χ0v) is 33.9. The summed E-state index contributed by atoms with van der Waals surface area (Å²) in [6.07, 6.45) is 1.32. The Bertz CT molecular complexity index is 3000. The van der Waals surface area contributed by atoms with Crippen LogP contribution in [0.25, 0.3) is 75.0 Å². The molecule has 0 bridgehead atoms. The molecule has 0 unspecified atom stereocenters. The Hall–Kier alpha value is -4.26. The summed E-state index contributed by atoms with van der Waals surface area (Å²) in [5.74, 6) is -0.237. The fourth-order valence-corrected chi connectivity index (χ4v) is 8.72. The molecule has 263 valence electrons. The van der Waals surface area contributed by atoms with Crippen LogP contribution in [0.5, 0.6) is 0 Å². The van der Waals surface area contributed by atoms with Gasteiger partial charge in [-0.05, 0) is 68.8 Å². The molecule has 9 rings (SSSR count). The topological polar surface area (TPSA) is 38.9 Å². The fourth-order valence-electron chi connectivity index (χ4n) is 6.49. The van der Waals surface area contributed by atoms with Gasteiger partial charge in [-0.25, -0.2) is 0 Å². The molecule has 0 fully saturated rings. The summed E-state index contributed by atoms with van der Waals surface area (Å²) in [4.78, 5) is 9.03. The molecule has 0 aliphatic rings.